The largest absolute Gasteiger partial charge is 0.495 e. The van der Waals surface area contributed by atoms with Crippen LogP contribution >= 0.6 is 11.3 Å². The van der Waals surface area contributed by atoms with Gasteiger partial charge in [0, 0.05) is 0 Å². The van der Waals surface area contributed by atoms with Gasteiger partial charge in [0.25, 0.3) is 0 Å². The highest BCUT2D eigenvalue weighted by Gasteiger charge is 2.15. The van der Waals surface area contributed by atoms with E-state index in [1.165, 1.54) is 17.4 Å². The van der Waals surface area contributed by atoms with Crippen LogP contribution in [0.5, 0.6) is 5.75 Å². The zero-order valence-electron chi connectivity index (χ0n) is 9.33. The van der Waals surface area contributed by atoms with Crippen LogP contribution in [-0.4, -0.2) is 17.1 Å². The Hall–Kier alpha value is -1.95. The predicted octanol–water partition coefficient (Wildman–Crippen LogP) is 3.58. The Morgan fingerprint density at radius 1 is 1.28 bits per heavy atom. The van der Waals surface area contributed by atoms with Crippen LogP contribution in [0.1, 0.15) is 0 Å². The van der Waals surface area contributed by atoms with Crippen LogP contribution in [0, 0.1) is 11.6 Å². The van der Waals surface area contributed by atoms with Crippen molar-refractivity contribution < 1.29 is 13.5 Å². The molecule has 0 aliphatic heterocycles. The number of halogens is 2. The number of hydrogen-bond acceptors (Lipinski definition) is 3. The summed E-state index contributed by atoms with van der Waals surface area (Å²) >= 11 is 1.42. The average molecular weight is 266 g/mol. The van der Waals surface area contributed by atoms with Gasteiger partial charge < -0.3 is 9.72 Å². The Bertz CT molecular complexity index is 720. The maximum absolute atomic E-state index is 13.6. The Morgan fingerprint density at radius 2 is 2.11 bits per heavy atom. The smallest absolute Gasteiger partial charge is 0.186 e. The maximum atomic E-state index is 13.6. The van der Waals surface area contributed by atoms with Gasteiger partial charge in [0.1, 0.15) is 16.1 Å². The van der Waals surface area contributed by atoms with Crippen molar-refractivity contribution >= 4 is 22.4 Å². The van der Waals surface area contributed by atoms with Gasteiger partial charge in [-0.3, -0.25) is 0 Å². The number of thiophene rings is 1. The third-order valence-electron chi connectivity index (χ3n) is 2.61. The van der Waals surface area contributed by atoms with Gasteiger partial charge in [-0.1, -0.05) is 0 Å². The molecule has 3 rings (SSSR count). The first-order valence-corrected chi connectivity index (χ1v) is 6.04. The molecule has 92 valence electrons. The zero-order chi connectivity index (χ0) is 12.7. The lowest BCUT2D eigenvalue weighted by atomic mass is 10.3. The van der Waals surface area contributed by atoms with Gasteiger partial charge in [0.2, 0.25) is 0 Å². The summed E-state index contributed by atoms with van der Waals surface area (Å²) in [5.74, 6) is -0.717. The highest BCUT2D eigenvalue weighted by molar-refractivity contribution is 7.13. The van der Waals surface area contributed by atoms with Gasteiger partial charge >= 0.3 is 0 Å². The number of nitrogens with zero attached hydrogens (tertiary/aromatic N) is 1. The van der Waals surface area contributed by atoms with Crippen LogP contribution in [0.15, 0.2) is 23.6 Å². The Balaban J connectivity index is 2.23. The minimum Gasteiger partial charge on any atom is -0.495 e. The number of methoxy groups -OCH3 is 1. The SMILES string of the molecule is COc1ccsc1-c1nc2c(F)c(F)ccc2[nH]1. The van der Waals surface area contributed by atoms with E-state index in [4.69, 9.17) is 4.74 Å². The Morgan fingerprint density at radius 3 is 2.89 bits per heavy atom. The molecule has 0 atom stereocenters. The van der Waals surface area contributed by atoms with E-state index in [9.17, 15) is 8.78 Å². The number of fused-ring (bicyclic) bond motifs is 1. The molecule has 0 bridgehead atoms. The highest BCUT2D eigenvalue weighted by atomic mass is 32.1. The summed E-state index contributed by atoms with van der Waals surface area (Å²) in [5, 5.41) is 1.85. The molecule has 0 saturated heterocycles. The number of benzene rings is 1. The van der Waals surface area contributed by atoms with Gasteiger partial charge in [-0.15, -0.1) is 11.3 Å². The molecule has 0 saturated carbocycles. The van der Waals surface area contributed by atoms with Crippen molar-refractivity contribution in [1.82, 2.24) is 9.97 Å². The molecule has 0 fully saturated rings. The number of ether oxygens (including phenoxy) is 1. The summed E-state index contributed by atoms with van der Waals surface area (Å²) in [6.45, 7) is 0. The third kappa shape index (κ3) is 1.57. The summed E-state index contributed by atoms with van der Waals surface area (Å²) in [4.78, 5) is 7.80. The molecule has 6 heteroatoms. The number of hydrogen-bond donors (Lipinski definition) is 1. The maximum Gasteiger partial charge on any atom is 0.186 e. The first-order chi connectivity index (χ1) is 8.70. The second kappa shape index (κ2) is 4.06. The van der Waals surface area contributed by atoms with Gasteiger partial charge in [0.15, 0.2) is 17.5 Å². The van der Waals surface area contributed by atoms with Crippen LogP contribution in [-0.2, 0) is 0 Å². The molecule has 0 aliphatic carbocycles. The quantitative estimate of drug-likeness (QED) is 0.770. The fourth-order valence-electron chi connectivity index (χ4n) is 1.76. The van der Waals surface area contributed by atoms with Gasteiger partial charge in [-0.05, 0) is 23.6 Å². The normalized spacial score (nSPS) is 11.1. The van der Waals surface area contributed by atoms with E-state index in [0.717, 1.165) is 10.9 Å². The monoisotopic (exact) mass is 266 g/mol. The first-order valence-electron chi connectivity index (χ1n) is 5.16. The molecule has 1 N–H and O–H groups in total. The zero-order valence-corrected chi connectivity index (χ0v) is 10.1. The van der Waals surface area contributed by atoms with E-state index in [1.54, 1.807) is 13.2 Å². The van der Waals surface area contributed by atoms with Crippen LogP contribution in [0.2, 0.25) is 0 Å². The van der Waals surface area contributed by atoms with Crippen molar-refractivity contribution in [2.75, 3.05) is 7.11 Å². The number of H-pyrrole nitrogens is 1. The predicted molar refractivity (Wildman–Crippen MR) is 65.9 cm³/mol. The fraction of sp³-hybridized carbons (Fsp3) is 0.0833. The molecule has 0 amide bonds. The molecule has 18 heavy (non-hydrogen) atoms. The number of rotatable bonds is 2. The number of imidazole rings is 1. The molecule has 2 aromatic heterocycles. The summed E-state index contributed by atoms with van der Waals surface area (Å²) in [6.07, 6.45) is 0. The number of nitrogens with one attached hydrogen (secondary N) is 1. The van der Waals surface area contributed by atoms with Crippen LogP contribution in [0.25, 0.3) is 21.7 Å². The second-order valence-corrected chi connectivity index (χ2v) is 4.58. The van der Waals surface area contributed by atoms with Crippen molar-refractivity contribution in [2.45, 2.75) is 0 Å². The summed E-state index contributed by atoms with van der Waals surface area (Å²) in [5.41, 5.74) is 0.458. The molecular formula is C12H8F2N2OS. The third-order valence-corrected chi connectivity index (χ3v) is 3.51. The van der Waals surface area contributed by atoms with Crippen molar-refractivity contribution in [3.63, 3.8) is 0 Å². The van der Waals surface area contributed by atoms with Crippen molar-refractivity contribution in [1.29, 1.82) is 0 Å². The molecule has 0 unspecified atom stereocenters. The summed E-state index contributed by atoms with van der Waals surface area (Å²) < 4.78 is 31.8. The molecule has 0 radical (unpaired) electrons. The van der Waals surface area contributed by atoms with E-state index >= 15 is 0 Å². The van der Waals surface area contributed by atoms with Crippen molar-refractivity contribution in [2.24, 2.45) is 0 Å². The van der Waals surface area contributed by atoms with Crippen LogP contribution < -0.4 is 4.74 Å². The molecule has 3 nitrogen and oxygen atoms in total. The molecule has 3 aromatic rings. The topological polar surface area (TPSA) is 37.9 Å². The average Bonchev–Trinajstić information content (AvgIpc) is 2.99. The molecule has 0 spiro atoms. The Kier molecular flexibility index (Phi) is 2.52. The van der Waals surface area contributed by atoms with E-state index in [-0.39, 0.29) is 5.52 Å². The minimum atomic E-state index is -0.939. The van der Waals surface area contributed by atoms with Gasteiger partial charge in [0.05, 0.1) is 12.6 Å². The van der Waals surface area contributed by atoms with Crippen molar-refractivity contribution in [3.05, 3.63) is 35.2 Å². The van der Waals surface area contributed by atoms with Crippen molar-refractivity contribution in [3.8, 4) is 16.5 Å². The first kappa shape index (κ1) is 11.2. The Labute approximate surface area is 105 Å². The van der Waals surface area contributed by atoms with E-state index in [0.29, 0.717) is 17.1 Å². The lowest BCUT2D eigenvalue weighted by Gasteiger charge is -1.97. The number of aromatic nitrogens is 2. The molecule has 2 heterocycles. The van der Waals surface area contributed by atoms with E-state index < -0.39 is 11.6 Å². The minimum absolute atomic E-state index is 0.000420. The molecule has 0 aliphatic rings. The van der Waals surface area contributed by atoms with Crippen LogP contribution in [0.4, 0.5) is 8.78 Å². The van der Waals surface area contributed by atoms with E-state index in [2.05, 4.69) is 9.97 Å². The van der Waals surface area contributed by atoms with E-state index in [1.807, 2.05) is 5.38 Å². The highest BCUT2D eigenvalue weighted by Crippen LogP contribution is 2.34. The lowest BCUT2D eigenvalue weighted by Crippen LogP contribution is -1.85. The molecular weight excluding hydrogens is 258 g/mol. The standard InChI is InChI=1S/C12H8F2N2OS/c1-17-8-4-5-18-11(8)12-15-7-3-2-6(13)9(14)10(7)16-12/h2-5H,1H3,(H,15,16). The fourth-order valence-corrected chi connectivity index (χ4v) is 2.56. The molecule has 1 aromatic carbocycles. The van der Waals surface area contributed by atoms with Crippen LogP contribution in [0.3, 0.4) is 0 Å². The lowest BCUT2D eigenvalue weighted by molar-refractivity contribution is 0.418. The summed E-state index contributed by atoms with van der Waals surface area (Å²) in [6, 6.07) is 4.33. The van der Waals surface area contributed by atoms with Gasteiger partial charge in [-0.2, -0.15) is 0 Å². The number of aromatic amines is 1. The second-order valence-electron chi connectivity index (χ2n) is 3.66. The van der Waals surface area contributed by atoms with Gasteiger partial charge in [-0.25, -0.2) is 13.8 Å². The summed E-state index contributed by atoms with van der Waals surface area (Å²) in [7, 11) is 1.55.